The van der Waals surface area contributed by atoms with E-state index in [0.29, 0.717) is 0 Å². The first-order chi connectivity index (χ1) is 29.5. The zero-order chi connectivity index (χ0) is 40.3. The summed E-state index contributed by atoms with van der Waals surface area (Å²) >= 11 is 0. The zero-order valence-electron chi connectivity index (χ0n) is 35.0. The van der Waals surface area contributed by atoms with Crippen molar-refractivity contribution < 1.29 is 0 Å². The van der Waals surface area contributed by atoms with Crippen LogP contribution in [0.5, 0.6) is 0 Å². The van der Waals surface area contributed by atoms with Crippen molar-refractivity contribution >= 4 is 34.1 Å². The van der Waals surface area contributed by atoms with E-state index in [1.165, 1.54) is 93.1 Å². The lowest BCUT2D eigenvalue weighted by atomic mass is 9.67. The van der Waals surface area contributed by atoms with Gasteiger partial charge in [0.1, 0.15) is 0 Å². The van der Waals surface area contributed by atoms with Crippen LogP contribution >= 0.6 is 0 Å². The molecule has 2 saturated carbocycles. The Hall–Kier alpha value is -6.12. The second kappa shape index (κ2) is 14.9. The lowest BCUT2D eigenvalue weighted by Gasteiger charge is -2.37. The highest BCUT2D eigenvalue weighted by Crippen LogP contribution is 2.54. The second-order valence-corrected chi connectivity index (χ2v) is 18.5. The van der Waals surface area contributed by atoms with Gasteiger partial charge >= 0.3 is 0 Å². The molecule has 0 aliphatic heterocycles. The van der Waals surface area contributed by atoms with Crippen LogP contribution in [0.2, 0.25) is 0 Å². The number of rotatable bonds is 9. The van der Waals surface area contributed by atoms with Gasteiger partial charge in [-0.15, -0.1) is 0 Å². The molecular weight excluding hydrogens is 725 g/mol. The van der Waals surface area contributed by atoms with Gasteiger partial charge in [-0.1, -0.05) is 136 Å². The van der Waals surface area contributed by atoms with E-state index in [2.05, 4.69) is 212 Å². The molecule has 2 heteroatoms. The number of allylic oxidation sites excluding steroid dienone is 2. The van der Waals surface area contributed by atoms with Gasteiger partial charge in [-0.25, -0.2) is 0 Å². The summed E-state index contributed by atoms with van der Waals surface area (Å²) in [5.74, 6) is 2.57. The van der Waals surface area contributed by atoms with Crippen molar-refractivity contribution in [3.05, 3.63) is 216 Å². The van der Waals surface area contributed by atoms with Crippen LogP contribution in [0, 0.1) is 11.8 Å². The minimum Gasteiger partial charge on any atom is -0.311 e. The van der Waals surface area contributed by atoms with Crippen LogP contribution in [0.4, 0.5) is 34.1 Å². The van der Waals surface area contributed by atoms with Gasteiger partial charge in [0, 0.05) is 45.0 Å². The minimum absolute atomic E-state index is 0.0674. The highest BCUT2D eigenvalue weighted by atomic mass is 15.1. The number of para-hydroxylation sites is 2. The highest BCUT2D eigenvalue weighted by Gasteiger charge is 2.40. The molecule has 0 amide bonds. The number of anilines is 6. The molecule has 4 unspecified atom stereocenters. The Labute approximate surface area is 356 Å². The monoisotopic (exact) mass is 778 g/mol. The van der Waals surface area contributed by atoms with Gasteiger partial charge in [-0.3, -0.25) is 0 Å². The molecule has 60 heavy (non-hydrogen) atoms. The van der Waals surface area contributed by atoms with Crippen LogP contribution in [0.15, 0.2) is 188 Å². The largest absolute Gasteiger partial charge is 0.311 e. The summed E-state index contributed by atoms with van der Waals surface area (Å²) in [5, 5.41) is 0. The number of fused-ring (bicyclic) bond motifs is 5. The summed E-state index contributed by atoms with van der Waals surface area (Å²) in [5.41, 5.74) is 16.7. The maximum absolute atomic E-state index is 2.43. The Kier molecular flexibility index (Phi) is 9.14. The predicted molar refractivity (Wildman–Crippen MR) is 252 cm³/mol. The number of hydrogen-bond acceptors (Lipinski definition) is 2. The average molecular weight is 779 g/mol. The van der Waals surface area contributed by atoms with Crippen molar-refractivity contribution in [3.8, 4) is 11.1 Å². The van der Waals surface area contributed by atoms with Crippen molar-refractivity contribution in [2.75, 3.05) is 9.80 Å². The maximum Gasteiger partial charge on any atom is 0.0465 e. The molecule has 2 nitrogen and oxygen atoms in total. The summed E-state index contributed by atoms with van der Waals surface area (Å²) in [6.45, 7) is 4.73. The van der Waals surface area contributed by atoms with Crippen LogP contribution in [0.3, 0.4) is 0 Å². The zero-order valence-corrected chi connectivity index (χ0v) is 35.0. The van der Waals surface area contributed by atoms with E-state index >= 15 is 0 Å². The van der Waals surface area contributed by atoms with Gasteiger partial charge in [-0.05, 0) is 168 Å². The number of hydrogen-bond donors (Lipinski definition) is 0. The van der Waals surface area contributed by atoms with Crippen LogP contribution in [-0.4, -0.2) is 0 Å². The van der Waals surface area contributed by atoms with Crippen molar-refractivity contribution in [1.29, 1.82) is 0 Å². The van der Waals surface area contributed by atoms with E-state index < -0.39 is 0 Å². The molecule has 0 saturated heterocycles. The van der Waals surface area contributed by atoms with E-state index in [-0.39, 0.29) is 10.8 Å². The molecule has 296 valence electrons. The smallest absolute Gasteiger partial charge is 0.0465 e. The third-order valence-electron chi connectivity index (χ3n) is 14.9. The summed E-state index contributed by atoms with van der Waals surface area (Å²) in [6, 6.07) is 66.3. The van der Waals surface area contributed by atoms with Crippen molar-refractivity contribution in [1.82, 2.24) is 0 Å². The van der Waals surface area contributed by atoms with Crippen LogP contribution in [-0.2, 0) is 10.8 Å². The minimum atomic E-state index is -0.105. The van der Waals surface area contributed by atoms with Gasteiger partial charge in [-0.2, -0.15) is 0 Å². The Bertz CT molecular complexity index is 2660. The van der Waals surface area contributed by atoms with Crippen molar-refractivity contribution in [2.45, 2.75) is 75.5 Å². The Morgan fingerprint density at radius 1 is 0.467 bits per heavy atom. The molecule has 4 aliphatic carbocycles. The third kappa shape index (κ3) is 6.23. The molecule has 0 spiro atoms. The first-order valence-electron chi connectivity index (χ1n) is 22.4. The summed E-state index contributed by atoms with van der Waals surface area (Å²) in [6.07, 6.45) is 13.6. The van der Waals surface area contributed by atoms with Crippen LogP contribution in [0.1, 0.15) is 92.5 Å². The number of benzene rings is 7. The SMILES string of the molecule is CC1(C)c2ccccc2-c2ccc(N(c3ccccc3)c3ccc(C4(c5ccc(N(c6ccccc6)c6ccc(C7CC8CCC7C8)cc6)cc5)CC=CCC4)cc3)cc21. The third-order valence-corrected chi connectivity index (χ3v) is 14.9. The van der Waals surface area contributed by atoms with E-state index in [4.69, 9.17) is 0 Å². The van der Waals surface area contributed by atoms with E-state index in [0.717, 1.165) is 42.7 Å². The first-order valence-corrected chi connectivity index (χ1v) is 22.4. The Morgan fingerprint density at radius 3 is 1.57 bits per heavy atom. The Balaban J connectivity index is 0.926. The molecule has 0 heterocycles. The molecule has 11 rings (SSSR count). The second-order valence-electron chi connectivity index (χ2n) is 18.5. The quantitative estimate of drug-likeness (QED) is 0.135. The van der Waals surface area contributed by atoms with Gasteiger partial charge in [0.05, 0.1) is 0 Å². The van der Waals surface area contributed by atoms with E-state index in [9.17, 15) is 0 Å². The fourth-order valence-corrected chi connectivity index (χ4v) is 11.8. The molecule has 0 radical (unpaired) electrons. The molecular formula is C58H54N2. The topological polar surface area (TPSA) is 6.48 Å². The highest BCUT2D eigenvalue weighted by molar-refractivity contribution is 5.85. The first kappa shape index (κ1) is 36.9. The lowest BCUT2D eigenvalue weighted by Crippen LogP contribution is -2.29. The predicted octanol–water partition coefficient (Wildman–Crippen LogP) is 15.9. The molecule has 0 N–H and O–H groups in total. The fourth-order valence-electron chi connectivity index (χ4n) is 11.8. The normalized spacial score (nSPS) is 22.0. The van der Waals surface area contributed by atoms with Crippen molar-refractivity contribution in [2.24, 2.45) is 11.8 Å². The molecule has 7 aromatic carbocycles. The van der Waals surface area contributed by atoms with E-state index in [1.807, 2.05) is 0 Å². The van der Waals surface area contributed by atoms with Gasteiger partial charge in [0.15, 0.2) is 0 Å². The number of nitrogens with zero attached hydrogens (tertiary/aromatic N) is 2. The summed E-state index contributed by atoms with van der Waals surface area (Å²) in [7, 11) is 0. The molecule has 4 aliphatic rings. The van der Waals surface area contributed by atoms with Gasteiger partial charge in [0.2, 0.25) is 0 Å². The molecule has 2 bridgehead atoms. The Morgan fingerprint density at radius 2 is 1.00 bits per heavy atom. The molecule has 7 aromatic rings. The molecule has 4 atom stereocenters. The average Bonchev–Trinajstić information content (AvgIpc) is 4.01. The van der Waals surface area contributed by atoms with E-state index in [1.54, 1.807) is 0 Å². The molecule has 2 fully saturated rings. The van der Waals surface area contributed by atoms with Gasteiger partial charge in [0.25, 0.3) is 0 Å². The summed E-state index contributed by atoms with van der Waals surface area (Å²) in [4.78, 5) is 4.85. The maximum atomic E-state index is 2.43. The molecule has 0 aromatic heterocycles. The fraction of sp³-hybridized carbons (Fsp3) is 0.241. The standard InChI is InChI=1S/C58H54N2/c1-57(2)55-19-11-10-18-52(55)53-35-34-51(40-56(53)57)60(47-16-8-4-9-17-47)50-32-26-45(27-33-50)58(36-12-5-13-37-58)44-24-30-49(31-25-44)59(46-14-6-3-7-15-46)48-28-22-42(23-29-48)54-39-41-20-21-43(54)38-41/h3-12,14-19,22-35,40-41,43,54H,13,20-21,36-39H2,1-2H3. The van der Waals surface area contributed by atoms with Crippen molar-refractivity contribution in [3.63, 3.8) is 0 Å². The summed E-state index contributed by atoms with van der Waals surface area (Å²) < 4.78 is 0. The van der Waals surface area contributed by atoms with Crippen LogP contribution < -0.4 is 9.80 Å². The van der Waals surface area contributed by atoms with Gasteiger partial charge < -0.3 is 9.80 Å². The van der Waals surface area contributed by atoms with Crippen LogP contribution in [0.25, 0.3) is 11.1 Å². The lowest BCUT2D eigenvalue weighted by molar-refractivity contribution is 0.420.